The van der Waals surface area contributed by atoms with Crippen molar-refractivity contribution in [1.29, 1.82) is 5.41 Å². The number of unbranched alkanes of at least 4 members (excludes halogenated alkanes) is 3. The van der Waals surface area contributed by atoms with Gasteiger partial charge in [0.25, 0.3) is 0 Å². The first-order valence-corrected chi connectivity index (χ1v) is 4.52. The van der Waals surface area contributed by atoms with E-state index in [4.69, 9.17) is 11.1 Å². The molecule has 1 atom stereocenters. The highest BCUT2D eigenvalue weighted by atomic mass is 14.5. The van der Waals surface area contributed by atoms with Crippen molar-refractivity contribution in [3.8, 4) is 0 Å². The van der Waals surface area contributed by atoms with E-state index in [2.05, 4.69) is 6.92 Å². The van der Waals surface area contributed by atoms with Crippen molar-refractivity contribution in [2.45, 2.75) is 39.0 Å². The van der Waals surface area contributed by atoms with Gasteiger partial charge in [-0.3, -0.25) is 0 Å². The molecule has 0 saturated carbocycles. The van der Waals surface area contributed by atoms with E-state index in [-0.39, 0.29) is 0 Å². The highest BCUT2D eigenvalue weighted by Gasteiger charge is 1.95. The molecule has 0 aliphatic carbocycles. The van der Waals surface area contributed by atoms with Crippen LogP contribution in [0.5, 0.6) is 0 Å². The van der Waals surface area contributed by atoms with Gasteiger partial charge in [0, 0.05) is 0 Å². The predicted molar refractivity (Wildman–Crippen MR) is 50.1 cm³/mol. The van der Waals surface area contributed by atoms with Crippen molar-refractivity contribution < 1.29 is 0 Å². The van der Waals surface area contributed by atoms with Crippen LogP contribution < -0.4 is 5.73 Å². The van der Waals surface area contributed by atoms with Crippen LogP contribution in [0.25, 0.3) is 0 Å². The van der Waals surface area contributed by atoms with Crippen LogP contribution in [0.2, 0.25) is 0 Å². The molecule has 2 heteroatoms. The minimum absolute atomic E-state index is 0.466. The zero-order valence-electron chi connectivity index (χ0n) is 7.47. The molecule has 66 valence electrons. The van der Waals surface area contributed by atoms with Crippen LogP contribution in [-0.2, 0) is 0 Å². The van der Waals surface area contributed by atoms with Crippen molar-refractivity contribution >= 4 is 6.21 Å². The normalized spacial score (nSPS) is 12.9. The molecule has 2 nitrogen and oxygen atoms in total. The van der Waals surface area contributed by atoms with Gasteiger partial charge in [-0.1, -0.05) is 26.2 Å². The summed E-state index contributed by atoms with van der Waals surface area (Å²) in [6, 6.07) is 0. The van der Waals surface area contributed by atoms with Crippen molar-refractivity contribution in [1.82, 2.24) is 0 Å². The molecule has 3 N–H and O–H groups in total. The standard InChI is InChI=1S/C9H20N2/c1-9(8-11)6-4-2-3-5-7-10/h8-9,11H,2-7,10H2,1H3. The number of rotatable bonds is 7. The topological polar surface area (TPSA) is 49.9 Å². The molecule has 0 aromatic heterocycles. The van der Waals surface area contributed by atoms with E-state index < -0.39 is 0 Å². The Morgan fingerprint density at radius 3 is 2.45 bits per heavy atom. The Morgan fingerprint density at radius 2 is 1.91 bits per heavy atom. The molecule has 0 aromatic rings. The van der Waals surface area contributed by atoms with E-state index in [1.807, 2.05) is 0 Å². The average molecular weight is 156 g/mol. The van der Waals surface area contributed by atoms with Gasteiger partial charge in [0.05, 0.1) is 0 Å². The van der Waals surface area contributed by atoms with Gasteiger partial charge in [0.1, 0.15) is 0 Å². The monoisotopic (exact) mass is 156 g/mol. The molecule has 0 spiro atoms. The number of nitrogens with two attached hydrogens (primary N) is 1. The molecule has 0 heterocycles. The molecular formula is C9H20N2. The highest BCUT2D eigenvalue weighted by Crippen LogP contribution is 2.07. The summed E-state index contributed by atoms with van der Waals surface area (Å²) in [4.78, 5) is 0. The molecule has 0 radical (unpaired) electrons. The van der Waals surface area contributed by atoms with Gasteiger partial charge in [-0.2, -0.15) is 0 Å². The lowest BCUT2D eigenvalue weighted by molar-refractivity contribution is 0.576. The largest absolute Gasteiger partial charge is 0.330 e. The molecule has 0 aliphatic heterocycles. The molecule has 0 rings (SSSR count). The van der Waals surface area contributed by atoms with E-state index in [1.54, 1.807) is 0 Å². The summed E-state index contributed by atoms with van der Waals surface area (Å²) in [6.45, 7) is 2.91. The Kier molecular flexibility index (Phi) is 7.47. The first kappa shape index (κ1) is 10.6. The van der Waals surface area contributed by atoms with Crippen molar-refractivity contribution in [2.24, 2.45) is 11.7 Å². The van der Waals surface area contributed by atoms with Gasteiger partial charge >= 0.3 is 0 Å². The number of nitrogens with one attached hydrogen (secondary N) is 1. The SMILES string of the molecule is CC(C=N)CCCCCCN. The van der Waals surface area contributed by atoms with Gasteiger partial charge < -0.3 is 11.1 Å². The van der Waals surface area contributed by atoms with Crippen LogP contribution in [0.15, 0.2) is 0 Å². The molecule has 0 aliphatic rings. The summed E-state index contributed by atoms with van der Waals surface area (Å²) in [5.74, 6) is 0.466. The van der Waals surface area contributed by atoms with Gasteiger partial charge in [-0.15, -0.1) is 0 Å². The minimum Gasteiger partial charge on any atom is -0.330 e. The zero-order valence-corrected chi connectivity index (χ0v) is 7.47. The number of hydrogen-bond acceptors (Lipinski definition) is 2. The first-order valence-electron chi connectivity index (χ1n) is 4.52. The van der Waals surface area contributed by atoms with Crippen LogP contribution in [0.4, 0.5) is 0 Å². The van der Waals surface area contributed by atoms with E-state index in [0.717, 1.165) is 19.4 Å². The lowest BCUT2D eigenvalue weighted by atomic mass is 10.0. The summed E-state index contributed by atoms with van der Waals surface area (Å²) in [5, 5.41) is 6.98. The van der Waals surface area contributed by atoms with E-state index in [0.29, 0.717) is 5.92 Å². The maximum Gasteiger partial charge on any atom is -0.00195 e. The Labute approximate surface area is 69.7 Å². The Hall–Kier alpha value is -0.370. The highest BCUT2D eigenvalue weighted by molar-refractivity contribution is 5.55. The second-order valence-corrected chi connectivity index (χ2v) is 3.14. The Morgan fingerprint density at radius 1 is 1.27 bits per heavy atom. The molecule has 0 amide bonds. The lowest BCUT2D eigenvalue weighted by Gasteiger charge is -2.03. The van der Waals surface area contributed by atoms with Crippen LogP contribution in [0.1, 0.15) is 39.0 Å². The Bertz CT molecular complexity index is 91.6. The van der Waals surface area contributed by atoms with Gasteiger partial charge in [0.15, 0.2) is 0 Å². The van der Waals surface area contributed by atoms with E-state index in [1.165, 1.54) is 25.5 Å². The second kappa shape index (κ2) is 7.73. The second-order valence-electron chi connectivity index (χ2n) is 3.14. The smallest absolute Gasteiger partial charge is 0.00195 e. The van der Waals surface area contributed by atoms with Crippen LogP contribution in [0.3, 0.4) is 0 Å². The van der Waals surface area contributed by atoms with Crippen LogP contribution in [-0.4, -0.2) is 12.8 Å². The van der Waals surface area contributed by atoms with Gasteiger partial charge in [0.2, 0.25) is 0 Å². The quantitative estimate of drug-likeness (QED) is 0.431. The van der Waals surface area contributed by atoms with Gasteiger partial charge in [-0.25, -0.2) is 0 Å². The first-order chi connectivity index (χ1) is 5.31. The zero-order chi connectivity index (χ0) is 8.53. The number of hydrogen-bond donors (Lipinski definition) is 2. The molecular weight excluding hydrogens is 136 g/mol. The van der Waals surface area contributed by atoms with Crippen LogP contribution in [0, 0.1) is 11.3 Å². The van der Waals surface area contributed by atoms with Crippen LogP contribution >= 0.6 is 0 Å². The third kappa shape index (κ3) is 7.53. The van der Waals surface area contributed by atoms with Crippen molar-refractivity contribution in [3.63, 3.8) is 0 Å². The summed E-state index contributed by atoms with van der Waals surface area (Å²) >= 11 is 0. The summed E-state index contributed by atoms with van der Waals surface area (Å²) in [7, 11) is 0. The molecule has 11 heavy (non-hydrogen) atoms. The average Bonchev–Trinajstić information content (AvgIpc) is 2.04. The lowest BCUT2D eigenvalue weighted by Crippen LogP contribution is -1.98. The maximum absolute atomic E-state index is 6.98. The third-order valence-corrected chi connectivity index (χ3v) is 1.90. The molecule has 1 unspecified atom stereocenters. The fourth-order valence-corrected chi connectivity index (χ4v) is 1.05. The minimum atomic E-state index is 0.466. The van der Waals surface area contributed by atoms with Gasteiger partial charge in [-0.05, 0) is 31.5 Å². The molecule has 0 bridgehead atoms. The summed E-state index contributed by atoms with van der Waals surface area (Å²) in [5.41, 5.74) is 5.36. The molecule has 0 aromatic carbocycles. The summed E-state index contributed by atoms with van der Waals surface area (Å²) in [6.07, 6.45) is 7.61. The fourth-order valence-electron chi connectivity index (χ4n) is 1.05. The third-order valence-electron chi connectivity index (χ3n) is 1.90. The molecule has 0 saturated heterocycles. The van der Waals surface area contributed by atoms with E-state index >= 15 is 0 Å². The van der Waals surface area contributed by atoms with Crippen molar-refractivity contribution in [3.05, 3.63) is 0 Å². The summed E-state index contributed by atoms with van der Waals surface area (Å²) < 4.78 is 0. The van der Waals surface area contributed by atoms with E-state index in [9.17, 15) is 0 Å². The van der Waals surface area contributed by atoms with Crippen molar-refractivity contribution in [2.75, 3.05) is 6.54 Å². The Balaban J connectivity index is 2.95. The maximum atomic E-state index is 6.98. The predicted octanol–water partition coefficient (Wildman–Crippen LogP) is 2.18. The molecule has 0 fully saturated rings. The fraction of sp³-hybridized carbons (Fsp3) is 0.889.